The number of nitrogens with zero attached hydrogens (tertiary/aromatic N) is 1. The molecule has 0 aromatic heterocycles. The van der Waals surface area contributed by atoms with E-state index in [9.17, 15) is 12.8 Å². The first-order valence-electron chi connectivity index (χ1n) is 7.04. The molecule has 0 aliphatic carbocycles. The van der Waals surface area contributed by atoms with E-state index < -0.39 is 15.8 Å². The van der Waals surface area contributed by atoms with Gasteiger partial charge in [0, 0.05) is 12.6 Å². The van der Waals surface area contributed by atoms with Gasteiger partial charge < -0.3 is 5.32 Å². The minimum Gasteiger partial charge on any atom is -0.317 e. The van der Waals surface area contributed by atoms with Gasteiger partial charge in [-0.1, -0.05) is 6.92 Å². The van der Waals surface area contributed by atoms with Gasteiger partial charge >= 0.3 is 0 Å². The van der Waals surface area contributed by atoms with E-state index in [0.717, 1.165) is 32.4 Å². The smallest absolute Gasteiger partial charge is 0.243 e. The molecule has 1 N–H and O–H groups in total. The Balaban J connectivity index is 0.00000220. The van der Waals surface area contributed by atoms with Crippen molar-refractivity contribution in [3.63, 3.8) is 0 Å². The molecule has 21 heavy (non-hydrogen) atoms. The van der Waals surface area contributed by atoms with Crippen LogP contribution in [0.4, 0.5) is 4.39 Å². The van der Waals surface area contributed by atoms with Gasteiger partial charge in [-0.25, -0.2) is 12.8 Å². The van der Waals surface area contributed by atoms with Crippen LogP contribution < -0.4 is 5.32 Å². The molecule has 0 amide bonds. The molecular formula is C14H22ClFN2O2S. The second kappa shape index (κ2) is 8.08. The summed E-state index contributed by atoms with van der Waals surface area (Å²) in [4.78, 5) is 0.172. The molecule has 7 heteroatoms. The maximum absolute atomic E-state index is 13.0. The molecular weight excluding hydrogens is 315 g/mol. The average molecular weight is 337 g/mol. The van der Waals surface area contributed by atoms with Crippen molar-refractivity contribution in [2.45, 2.75) is 37.1 Å². The summed E-state index contributed by atoms with van der Waals surface area (Å²) < 4.78 is 40.0. The van der Waals surface area contributed by atoms with Crippen LogP contribution >= 0.6 is 12.4 Å². The first-order valence-corrected chi connectivity index (χ1v) is 8.48. The highest BCUT2D eigenvalue weighted by Gasteiger charge is 2.31. The van der Waals surface area contributed by atoms with Gasteiger partial charge in [-0.05, 0) is 56.6 Å². The highest BCUT2D eigenvalue weighted by atomic mass is 35.5. The van der Waals surface area contributed by atoms with Crippen molar-refractivity contribution in [1.82, 2.24) is 9.62 Å². The van der Waals surface area contributed by atoms with Gasteiger partial charge in [0.05, 0.1) is 4.90 Å². The minimum atomic E-state index is -3.54. The SMILES string of the molecule is CCCN(C1CCNCC1)S(=O)(=O)c1ccc(F)cc1.Cl. The van der Waals surface area contributed by atoms with Crippen LogP contribution in [0, 0.1) is 5.82 Å². The van der Waals surface area contributed by atoms with Crippen LogP contribution in [0.3, 0.4) is 0 Å². The standard InChI is InChI=1S/C14H21FN2O2S.ClH/c1-2-11-17(13-7-9-16-10-8-13)20(18,19)14-5-3-12(15)4-6-14;/h3-6,13,16H,2,7-11H2,1H3;1H. The number of halogens is 2. The fourth-order valence-corrected chi connectivity index (χ4v) is 4.33. The molecule has 120 valence electrons. The van der Waals surface area contributed by atoms with E-state index in [0.29, 0.717) is 6.54 Å². The summed E-state index contributed by atoms with van der Waals surface area (Å²) in [6.45, 7) is 4.15. The van der Waals surface area contributed by atoms with Crippen molar-refractivity contribution in [1.29, 1.82) is 0 Å². The summed E-state index contributed by atoms with van der Waals surface area (Å²) in [5.41, 5.74) is 0. The van der Waals surface area contributed by atoms with Crippen LogP contribution in [0.2, 0.25) is 0 Å². The largest absolute Gasteiger partial charge is 0.317 e. The van der Waals surface area contributed by atoms with Gasteiger partial charge in [-0.2, -0.15) is 4.31 Å². The van der Waals surface area contributed by atoms with Crippen LogP contribution in [0.15, 0.2) is 29.2 Å². The van der Waals surface area contributed by atoms with E-state index in [4.69, 9.17) is 0 Å². The molecule has 0 radical (unpaired) electrons. The molecule has 4 nitrogen and oxygen atoms in total. The molecule has 0 bridgehead atoms. The topological polar surface area (TPSA) is 49.4 Å². The summed E-state index contributed by atoms with van der Waals surface area (Å²) in [5, 5.41) is 3.24. The monoisotopic (exact) mass is 336 g/mol. The molecule has 1 aromatic carbocycles. The fraction of sp³-hybridized carbons (Fsp3) is 0.571. The maximum atomic E-state index is 13.0. The van der Waals surface area contributed by atoms with Crippen molar-refractivity contribution in [2.75, 3.05) is 19.6 Å². The molecule has 0 atom stereocenters. The predicted molar refractivity (Wildman–Crippen MR) is 83.7 cm³/mol. The summed E-state index contributed by atoms with van der Waals surface area (Å²) in [6, 6.07) is 5.10. The summed E-state index contributed by atoms with van der Waals surface area (Å²) in [7, 11) is -3.54. The lowest BCUT2D eigenvalue weighted by atomic mass is 10.1. The average Bonchev–Trinajstić information content (AvgIpc) is 2.46. The van der Waals surface area contributed by atoms with Crippen molar-refractivity contribution < 1.29 is 12.8 Å². The van der Waals surface area contributed by atoms with E-state index >= 15 is 0 Å². The quantitative estimate of drug-likeness (QED) is 0.898. The lowest BCUT2D eigenvalue weighted by Gasteiger charge is -2.33. The summed E-state index contributed by atoms with van der Waals surface area (Å²) >= 11 is 0. The molecule has 1 aliphatic heterocycles. The predicted octanol–water partition coefficient (Wildman–Crippen LogP) is 2.40. The zero-order chi connectivity index (χ0) is 14.6. The molecule has 1 aliphatic rings. The van der Waals surface area contributed by atoms with Gasteiger partial charge in [0.15, 0.2) is 0 Å². The van der Waals surface area contributed by atoms with E-state index in [1.54, 1.807) is 4.31 Å². The first-order chi connectivity index (χ1) is 9.55. The van der Waals surface area contributed by atoms with Crippen molar-refractivity contribution in [2.24, 2.45) is 0 Å². The molecule has 0 unspecified atom stereocenters. The Bertz CT molecular complexity index is 530. The third-order valence-electron chi connectivity index (χ3n) is 3.58. The first kappa shape index (κ1) is 18.4. The Morgan fingerprint density at radius 2 is 1.81 bits per heavy atom. The van der Waals surface area contributed by atoms with Crippen LogP contribution in [-0.2, 0) is 10.0 Å². The number of hydrogen-bond donors (Lipinski definition) is 1. The van der Waals surface area contributed by atoms with Gasteiger partial charge in [-0.3, -0.25) is 0 Å². The Labute approximate surface area is 132 Å². The Hall–Kier alpha value is -0.690. The number of piperidine rings is 1. The summed E-state index contributed by atoms with van der Waals surface area (Å²) in [5.74, 6) is -0.423. The zero-order valence-electron chi connectivity index (χ0n) is 12.1. The van der Waals surface area contributed by atoms with Crippen molar-refractivity contribution in [3.05, 3.63) is 30.1 Å². The third kappa shape index (κ3) is 4.39. The molecule has 0 saturated carbocycles. The fourth-order valence-electron chi connectivity index (χ4n) is 2.56. The van der Waals surface area contributed by atoms with Gasteiger partial charge in [0.25, 0.3) is 0 Å². The lowest BCUT2D eigenvalue weighted by Crippen LogP contribution is -2.46. The van der Waals surface area contributed by atoms with Crippen molar-refractivity contribution >= 4 is 22.4 Å². The molecule has 1 heterocycles. The minimum absolute atomic E-state index is 0. The normalized spacial score (nSPS) is 16.7. The lowest BCUT2D eigenvalue weighted by molar-refractivity contribution is 0.262. The Morgan fingerprint density at radius 3 is 2.33 bits per heavy atom. The number of hydrogen-bond acceptors (Lipinski definition) is 3. The van der Waals surface area contributed by atoms with E-state index in [1.165, 1.54) is 24.3 Å². The Morgan fingerprint density at radius 1 is 1.24 bits per heavy atom. The molecule has 1 aromatic rings. The van der Waals surface area contributed by atoms with Crippen LogP contribution in [0.1, 0.15) is 26.2 Å². The van der Waals surface area contributed by atoms with Crippen LogP contribution in [0.25, 0.3) is 0 Å². The van der Waals surface area contributed by atoms with E-state index in [1.807, 2.05) is 6.92 Å². The number of sulfonamides is 1. The molecule has 1 saturated heterocycles. The molecule has 2 rings (SSSR count). The Kier molecular flexibility index (Phi) is 7.06. The van der Waals surface area contributed by atoms with Crippen LogP contribution in [0.5, 0.6) is 0 Å². The third-order valence-corrected chi connectivity index (χ3v) is 5.55. The molecule has 0 spiro atoms. The second-order valence-electron chi connectivity index (χ2n) is 5.05. The van der Waals surface area contributed by atoms with Crippen molar-refractivity contribution in [3.8, 4) is 0 Å². The number of benzene rings is 1. The van der Waals surface area contributed by atoms with E-state index in [2.05, 4.69) is 5.32 Å². The van der Waals surface area contributed by atoms with Crippen LogP contribution in [-0.4, -0.2) is 38.4 Å². The highest BCUT2D eigenvalue weighted by Crippen LogP contribution is 2.23. The highest BCUT2D eigenvalue weighted by molar-refractivity contribution is 7.89. The van der Waals surface area contributed by atoms with Gasteiger partial charge in [-0.15, -0.1) is 12.4 Å². The second-order valence-corrected chi connectivity index (χ2v) is 6.94. The van der Waals surface area contributed by atoms with E-state index in [-0.39, 0.29) is 23.3 Å². The summed E-state index contributed by atoms with van der Waals surface area (Å²) in [6.07, 6.45) is 2.41. The maximum Gasteiger partial charge on any atom is 0.243 e. The number of nitrogens with one attached hydrogen (secondary N) is 1. The van der Waals surface area contributed by atoms with Gasteiger partial charge in [0.1, 0.15) is 5.82 Å². The molecule has 1 fully saturated rings. The zero-order valence-corrected chi connectivity index (χ0v) is 13.7. The van der Waals surface area contributed by atoms with Gasteiger partial charge in [0.2, 0.25) is 10.0 Å². The number of rotatable bonds is 5.